The number of aliphatic imine (C=N–C) groups is 2. The van der Waals surface area contributed by atoms with Crippen molar-refractivity contribution in [1.29, 1.82) is 0 Å². The first-order chi connectivity index (χ1) is 15.8. The van der Waals surface area contributed by atoms with Crippen LogP contribution in [0.5, 0.6) is 5.75 Å². The van der Waals surface area contributed by atoms with Gasteiger partial charge in [-0.3, -0.25) is 0 Å². The van der Waals surface area contributed by atoms with E-state index >= 15 is 0 Å². The van der Waals surface area contributed by atoms with Crippen LogP contribution in [0.25, 0.3) is 0 Å². The van der Waals surface area contributed by atoms with E-state index in [2.05, 4.69) is 21.1 Å². The van der Waals surface area contributed by atoms with Crippen molar-refractivity contribution in [3.63, 3.8) is 0 Å². The molecule has 9 nitrogen and oxygen atoms in total. The SMILES string of the molecule is CN/C(F)=N\C(N)=C1\N=C(Cc2cc3c(cc2C)CCO3)N(CCNS(=O)(=O)C(C)(C)C)C1C. The van der Waals surface area contributed by atoms with E-state index in [0.717, 1.165) is 23.3 Å². The van der Waals surface area contributed by atoms with E-state index < -0.39 is 20.9 Å². The molecule has 2 aliphatic rings. The molecule has 34 heavy (non-hydrogen) atoms. The minimum atomic E-state index is -3.50. The number of amidine groups is 2. The number of sulfonamides is 1. The molecule has 0 aromatic heterocycles. The Labute approximate surface area is 201 Å². The highest BCUT2D eigenvalue weighted by atomic mass is 32.2. The molecule has 2 heterocycles. The lowest BCUT2D eigenvalue weighted by atomic mass is 10.0. The van der Waals surface area contributed by atoms with Gasteiger partial charge < -0.3 is 20.7 Å². The molecule has 1 unspecified atom stereocenters. The molecule has 1 aromatic carbocycles. The van der Waals surface area contributed by atoms with Gasteiger partial charge in [0.15, 0.2) is 5.82 Å². The van der Waals surface area contributed by atoms with Crippen LogP contribution in [0, 0.1) is 6.92 Å². The van der Waals surface area contributed by atoms with Crippen LogP contribution in [0.2, 0.25) is 0 Å². The van der Waals surface area contributed by atoms with E-state index in [4.69, 9.17) is 15.5 Å². The van der Waals surface area contributed by atoms with Crippen molar-refractivity contribution in [3.8, 4) is 5.75 Å². The molecule has 0 bridgehead atoms. The number of ether oxygens (including phenoxy) is 1. The third-order valence-corrected chi connectivity index (χ3v) is 8.28. The van der Waals surface area contributed by atoms with Crippen molar-refractivity contribution in [2.75, 3.05) is 26.7 Å². The number of nitrogens with zero attached hydrogens (tertiary/aromatic N) is 3. The molecule has 2 aliphatic heterocycles. The van der Waals surface area contributed by atoms with Gasteiger partial charge in [0.1, 0.15) is 17.3 Å². The fraction of sp³-hybridized carbons (Fsp3) is 0.565. The van der Waals surface area contributed by atoms with Crippen molar-refractivity contribution < 1.29 is 17.5 Å². The third kappa shape index (κ3) is 5.52. The second kappa shape index (κ2) is 9.91. The smallest absolute Gasteiger partial charge is 0.284 e. The highest BCUT2D eigenvalue weighted by Gasteiger charge is 2.33. The summed E-state index contributed by atoms with van der Waals surface area (Å²) >= 11 is 0. The molecule has 4 N–H and O–H groups in total. The van der Waals surface area contributed by atoms with Crippen LogP contribution in [0.4, 0.5) is 4.39 Å². The molecule has 0 aliphatic carbocycles. The average molecular weight is 495 g/mol. The van der Waals surface area contributed by atoms with Crippen LogP contribution in [0.15, 0.2) is 33.6 Å². The number of nitrogens with two attached hydrogens (primary N) is 1. The first kappa shape index (κ1) is 26.0. The monoisotopic (exact) mass is 494 g/mol. The van der Waals surface area contributed by atoms with E-state index in [9.17, 15) is 12.8 Å². The first-order valence-corrected chi connectivity index (χ1v) is 12.8. The molecule has 0 amide bonds. The van der Waals surface area contributed by atoms with Crippen molar-refractivity contribution in [1.82, 2.24) is 14.9 Å². The van der Waals surface area contributed by atoms with Crippen LogP contribution in [-0.4, -0.2) is 62.8 Å². The van der Waals surface area contributed by atoms with Crippen molar-refractivity contribution in [3.05, 3.63) is 40.3 Å². The fourth-order valence-electron chi connectivity index (χ4n) is 3.89. The second-order valence-corrected chi connectivity index (χ2v) is 12.0. The van der Waals surface area contributed by atoms with Gasteiger partial charge in [0.25, 0.3) is 6.09 Å². The highest BCUT2D eigenvalue weighted by molar-refractivity contribution is 7.90. The van der Waals surface area contributed by atoms with Gasteiger partial charge in [0.2, 0.25) is 10.0 Å². The van der Waals surface area contributed by atoms with Gasteiger partial charge in [-0.2, -0.15) is 9.38 Å². The van der Waals surface area contributed by atoms with Gasteiger partial charge in [0, 0.05) is 33.0 Å². The summed E-state index contributed by atoms with van der Waals surface area (Å²) in [5, 5.41) is 2.31. The summed E-state index contributed by atoms with van der Waals surface area (Å²) in [7, 11) is -2.08. The Morgan fingerprint density at radius 1 is 1.38 bits per heavy atom. The molecule has 0 fully saturated rings. The number of benzene rings is 1. The molecule has 0 saturated heterocycles. The van der Waals surface area contributed by atoms with Crippen molar-refractivity contribution in [2.45, 2.75) is 58.2 Å². The maximum atomic E-state index is 13.7. The molecule has 11 heteroatoms. The summed E-state index contributed by atoms with van der Waals surface area (Å²) in [6.45, 7) is 10.1. The van der Waals surface area contributed by atoms with Gasteiger partial charge in [-0.15, -0.1) is 0 Å². The molecule has 1 atom stereocenters. The summed E-state index contributed by atoms with van der Waals surface area (Å²) in [4.78, 5) is 10.4. The molecular weight excluding hydrogens is 459 g/mol. The summed E-state index contributed by atoms with van der Waals surface area (Å²) in [6, 6.07) is 3.86. The minimum Gasteiger partial charge on any atom is -0.493 e. The zero-order valence-corrected chi connectivity index (χ0v) is 21.5. The summed E-state index contributed by atoms with van der Waals surface area (Å²) in [6.07, 6.45) is 0.581. The predicted octanol–water partition coefficient (Wildman–Crippen LogP) is 1.97. The Hall–Kier alpha value is -2.66. The maximum Gasteiger partial charge on any atom is 0.284 e. The number of hydrogen-bond acceptors (Lipinski definition) is 7. The number of fused-ring (bicyclic) bond motifs is 1. The molecule has 188 valence electrons. The van der Waals surface area contributed by atoms with Crippen LogP contribution in [-0.2, 0) is 22.9 Å². The zero-order chi connectivity index (χ0) is 25.3. The van der Waals surface area contributed by atoms with Gasteiger partial charge >= 0.3 is 0 Å². The second-order valence-electron chi connectivity index (χ2n) is 9.49. The van der Waals surface area contributed by atoms with Crippen molar-refractivity contribution in [2.24, 2.45) is 15.7 Å². The number of halogens is 1. The number of rotatable bonds is 7. The fourth-order valence-corrected chi connectivity index (χ4v) is 4.68. The quantitative estimate of drug-likeness (QED) is 0.303. The lowest BCUT2D eigenvalue weighted by molar-refractivity contribution is 0.356. The summed E-state index contributed by atoms with van der Waals surface area (Å²) < 4.78 is 46.2. The van der Waals surface area contributed by atoms with Gasteiger partial charge in [0.05, 0.1) is 17.4 Å². The van der Waals surface area contributed by atoms with E-state index in [1.54, 1.807) is 20.8 Å². The van der Waals surface area contributed by atoms with Crippen LogP contribution >= 0.6 is 0 Å². The van der Waals surface area contributed by atoms with Gasteiger partial charge in [-0.05, 0) is 57.4 Å². The Morgan fingerprint density at radius 2 is 2.09 bits per heavy atom. The minimum absolute atomic E-state index is 0.0244. The molecule has 1 aromatic rings. The third-order valence-electron chi connectivity index (χ3n) is 6.08. The molecule has 0 spiro atoms. The molecule has 0 saturated carbocycles. The van der Waals surface area contributed by atoms with Crippen LogP contribution < -0.4 is 20.5 Å². The topological polar surface area (TPSA) is 121 Å². The highest BCUT2D eigenvalue weighted by Crippen LogP contribution is 2.31. The van der Waals surface area contributed by atoms with Crippen molar-refractivity contribution >= 4 is 21.9 Å². The molecule has 0 radical (unpaired) electrons. The normalized spacial score (nSPS) is 20.2. The molecule has 3 rings (SSSR count). The Morgan fingerprint density at radius 3 is 2.74 bits per heavy atom. The van der Waals surface area contributed by atoms with E-state index in [1.165, 1.54) is 12.6 Å². The molecular formula is C23H35FN6O3S. The number of nitrogens with one attached hydrogen (secondary N) is 2. The van der Waals surface area contributed by atoms with Crippen LogP contribution in [0.3, 0.4) is 0 Å². The summed E-state index contributed by atoms with van der Waals surface area (Å²) in [5.41, 5.74) is 9.88. The largest absolute Gasteiger partial charge is 0.493 e. The van der Waals surface area contributed by atoms with E-state index in [-0.39, 0.29) is 18.4 Å². The number of hydrogen-bond donors (Lipinski definition) is 3. The van der Waals surface area contributed by atoms with Gasteiger partial charge in [-0.1, -0.05) is 6.07 Å². The Bertz CT molecular complexity index is 1140. The Balaban J connectivity index is 1.90. The van der Waals surface area contributed by atoms with Gasteiger partial charge in [-0.25, -0.2) is 18.1 Å². The maximum absolute atomic E-state index is 13.7. The predicted molar refractivity (Wildman–Crippen MR) is 133 cm³/mol. The first-order valence-electron chi connectivity index (χ1n) is 11.3. The van der Waals surface area contributed by atoms with E-state index in [1.807, 2.05) is 24.8 Å². The van der Waals surface area contributed by atoms with Crippen LogP contribution in [0.1, 0.15) is 44.4 Å². The lowest BCUT2D eigenvalue weighted by Crippen LogP contribution is -2.45. The average Bonchev–Trinajstić information content (AvgIpc) is 3.31. The number of aryl methyl sites for hydroxylation is 1. The Kier molecular flexibility index (Phi) is 7.56. The standard InChI is InChI=1S/C23H35FN6O3S/c1-14-11-16-7-10-33-18(16)12-17(14)13-19-28-20(21(25)29-22(24)26-6)15(2)30(19)9-8-27-34(31,32)23(3,4)5/h11-12,15,27H,7-10,13,25H2,1-6H3,(H,26,29)/b21-20+. The summed E-state index contributed by atoms with van der Waals surface area (Å²) in [5.74, 6) is 1.57. The zero-order valence-electron chi connectivity index (χ0n) is 20.7. The van der Waals surface area contributed by atoms with E-state index in [0.29, 0.717) is 31.1 Å². The lowest BCUT2D eigenvalue weighted by Gasteiger charge is -2.27.